The molecule has 0 aliphatic rings. The molecule has 1 unspecified atom stereocenters. The van der Waals surface area contributed by atoms with E-state index in [1.54, 1.807) is 11.8 Å². The molecule has 0 bridgehead atoms. The summed E-state index contributed by atoms with van der Waals surface area (Å²) in [5.74, 6) is 2.43. The van der Waals surface area contributed by atoms with Gasteiger partial charge in [0.2, 0.25) is 5.91 Å². The summed E-state index contributed by atoms with van der Waals surface area (Å²) < 4.78 is 0. The van der Waals surface area contributed by atoms with Crippen molar-refractivity contribution in [1.82, 2.24) is 5.32 Å². The lowest BCUT2D eigenvalue weighted by atomic mass is 10.1. The summed E-state index contributed by atoms with van der Waals surface area (Å²) >= 11 is 1.66. The van der Waals surface area contributed by atoms with Crippen molar-refractivity contribution in [2.75, 3.05) is 18.1 Å². The first-order valence-electron chi connectivity index (χ1n) is 5.96. The first-order valence-corrected chi connectivity index (χ1v) is 7.11. The number of amides is 1. The van der Waals surface area contributed by atoms with Gasteiger partial charge in [-0.05, 0) is 24.0 Å². The molecule has 16 heavy (non-hydrogen) atoms. The SMILES string of the molecule is CC(C)CCSCC(=O)NCC(O)C(C)C. The number of thioether (sulfide) groups is 1. The molecule has 0 saturated heterocycles. The number of nitrogens with one attached hydrogen (secondary N) is 1. The van der Waals surface area contributed by atoms with E-state index in [2.05, 4.69) is 19.2 Å². The highest BCUT2D eigenvalue weighted by Crippen LogP contribution is 2.08. The molecule has 0 aromatic carbocycles. The van der Waals surface area contributed by atoms with Gasteiger partial charge in [-0.15, -0.1) is 0 Å². The highest BCUT2D eigenvalue weighted by molar-refractivity contribution is 7.99. The van der Waals surface area contributed by atoms with Crippen LogP contribution >= 0.6 is 11.8 Å². The Morgan fingerprint density at radius 1 is 1.31 bits per heavy atom. The summed E-state index contributed by atoms with van der Waals surface area (Å²) in [5.41, 5.74) is 0. The Labute approximate surface area is 103 Å². The lowest BCUT2D eigenvalue weighted by molar-refractivity contribution is -0.119. The number of rotatable bonds is 8. The Balaban J connectivity index is 3.45. The van der Waals surface area contributed by atoms with Crippen molar-refractivity contribution in [1.29, 1.82) is 0 Å². The Hall–Kier alpha value is -0.220. The van der Waals surface area contributed by atoms with Crippen LogP contribution < -0.4 is 5.32 Å². The van der Waals surface area contributed by atoms with Gasteiger partial charge in [0.25, 0.3) is 0 Å². The summed E-state index contributed by atoms with van der Waals surface area (Å²) in [7, 11) is 0. The monoisotopic (exact) mass is 247 g/mol. The zero-order chi connectivity index (χ0) is 12.6. The van der Waals surface area contributed by atoms with Crippen LogP contribution in [0.5, 0.6) is 0 Å². The Morgan fingerprint density at radius 2 is 1.94 bits per heavy atom. The first-order chi connectivity index (χ1) is 7.43. The maximum Gasteiger partial charge on any atom is 0.230 e. The van der Waals surface area contributed by atoms with Crippen molar-refractivity contribution in [2.24, 2.45) is 11.8 Å². The minimum atomic E-state index is -0.440. The molecule has 2 N–H and O–H groups in total. The summed E-state index contributed by atoms with van der Waals surface area (Å²) in [5, 5.41) is 12.2. The lowest BCUT2D eigenvalue weighted by Gasteiger charge is -2.14. The van der Waals surface area contributed by atoms with Gasteiger partial charge in [0.1, 0.15) is 0 Å². The van der Waals surface area contributed by atoms with Crippen LogP contribution in [-0.4, -0.2) is 35.2 Å². The normalized spacial score (nSPS) is 13.2. The topological polar surface area (TPSA) is 49.3 Å². The van der Waals surface area contributed by atoms with Crippen LogP contribution in [0, 0.1) is 11.8 Å². The zero-order valence-electron chi connectivity index (χ0n) is 10.8. The van der Waals surface area contributed by atoms with E-state index in [4.69, 9.17) is 0 Å². The maximum absolute atomic E-state index is 11.4. The molecule has 0 aliphatic carbocycles. The van der Waals surface area contributed by atoms with E-state index in [0.29, 0.717) is 18.2 Å². The largest absolute Gasteiger partial charge is 0.391 e. The van der Waals surface area contributed by atoms with Crippen molar-refractivity contribution in [3.8, 4) is 0 Å². The van der Waals surface area contributed by atoms with Gasteiger partial charge < -0.3 is 10.4 Å². The lowest BCUT2D eigenvalue weighted by Crippen LogP contribution is -2.35. The zero-order valence-corrected chi connectivity index (χ0v) is 11.6. The molecule has 4 heteroatoms. The number of aliphatic hydroxyl groups is 1. The van der Waals surface area contributed by atoms with Crippen molar-refractivity contribution in [3.05, 3.63) is 0 Å². The third-order valence-corrected chi connectivity index (χ3v) is 3.34. The van der Waals surface area contributed by atoms with Gasteiger partial charge in [-0.1, -0.05) is 27.7 Å². The van der Waals surface area contributed by atoms with Crippen molar-refractivity contribution < 1.29 is 9.90 Å². The summed E-state index contributed by atoms with van der Waals surface area (Å²) in [6.07, 6.45) is 0.705. The van der Waals surface area contributed by atoms with Crippen LogP contribution in [0.2, 0.25) is 0 Å². The summed E-state index contributed by atoms with van der Waals surface area (Å²) in [4.78, 5) is 11.4. The molecule has 0 heterocycles. The van der Waals surface area contributed by atoms with Gasteiger partial charge >= 0.3 is 0 Å². The van der Waals surface area contributed by atoms with Crippen LogP contribution in [0.15, 0.2) is 0 Å². The predicted octanol–water partition coefficient (Wildman–Crippen LogP) is 1.90. The molecule has 96 valence electrons. The Kier molecular flexibility index (Phi) is 8.76. The smallest absolute Gasteiger partial charge is 0.230 e. The molecule has 0 aromatic rings. The fourth-order valence-electron chi connectivity index (χ4n) is 0.989. The second-order valence-electron chi connectivity index (χ2n) is 4.85. The van der Waals surface area contributed by atoms with Crippen LogP contribution in [0.3, 0.4) is 0 Å². The average molecular weight is 247 g/mol. The fourth-order valence-corrected chi connectivity index (χ4v) is 2.06. The van der Waals surface area contributed by atoms with E-state index >= 15 is 0 Å². The third kappa shape index (κ3) is 9.04. The molecular weight excluding hydrogens is 222 g/mol. The molecule has 1 atom stereocenters. The second kappa shape index (κ2) is 8.88. The highest BCUT2D eigenvalue weighted by atomic mass is 32.2. The maximum atomic E-state index is 11.4. The standard InChI is InChI=1S/C12H25NO2S/c1-9(2)5-6-16-8-12(15)13-7-11(14)10(3)4/h9-11,14H,5-8H2,1-4H3,(H,13,15). The average Bonchev–Trinajstić information content (AvgIpc) is 2.20. The van der Waals surface area contributed by atoms with E-state index < -0.39 is 6.10 Å². The van der Waals surface area contributed by atoms with Crippen LogP contribution in [0.4, 0.5) is 0 Å². The third-order valence-electron chi connectivity index (χ3n) is 2.35. The van der Waals surface area contributed by atoms with E-state index in [9.17, 15) is 9.90 Å². The van der Waals surface area contributed by atoms with E-state index in [0.717, 1.165) is 12.2 Å². The molecular formula is C12H25NO2S. The fraction of sp³-hybridized carbons (Fsp3) is 0.917. The molecule has 3 nitrogen and oxygen atoms in total. The summed E-state index contributed by atoms with van der Waals surface area (Å²) in [6, 6.07) is 0. The van der Waals surface area contributed by atoms with E-state index in [1.807, 2.05) is 13.8 Å². The molecule has 0 spiro atoms. The predicted molar refractivity (Wildman–Crippen MR) is 70.6 cm³/mol. The minimum absolute atomic E-state index is 0.0217. The van der Waals surface area contributed by atoms with Gasteiger partial charge in [-0.3, -0.25) is 4.79 Å². The minimum Gasteiger partial charge on any atom is -0.391 e. The van der Waals surface area contributed by atoms with E-state index in [1.165, 1.54) is 0 Å². The quantitative estimate of drug-likeness (QED) is 0.644. The van der Waals surface area contributed by atoms with Crippen molar-refractivity contribution >= 4 is 17.7 Å². The Bertz CT molecular complexity index is 195. The van der Waals surface area contributed by atoms with Gasteiger partial charge in [0.05, 0.1) is 11.9 Å². The van der Waals surface area contributed by atoms with Crippen LogP contribution in [-0.2, 0) is 4.79 Å². The van der Waals surface area contributed by atoms with Crippen molar-refractivity contribution in [3.63, 3.8) is 0 Å². The summed E-state index contributed by atoms with van der Waals surface area (Å²) in [6.45, 7) is 8.60. The molecule has 0 aliphatic heterocycles. The molecule has 1 amide bonds. The van der Waals surface area contributed by atoms with Gasteiger partial charge in [0, 0.05) is 6.54 Å². The highest BCUT2D eigenvalue weighted by Gasteiger charge is 2.10. The van der Waals surface area contributed by atoms with Gasteiger partial charge in [0.15, 0.2) is 0 Å². The van der Waals surface area contributed by atoms with Crippen molar-refractivity contribution in [2.45, 2.75) is 40.2 Å². The first kappa shape index (κ1) is 15.8. The Morgan fingerprint density at radius 3 is 2.44 bits per heavy atom. The van der Waals surface area contributed by atoms with E-state index in [-0.39, 0.29) is 11.8 Å². The van der Waals surface area contributed by atoms with Gasteiger partial charge in [-0.25, -0.2) is 0 Å². The number of carbonyl (C=O) groups is 1. The molecule has 0 radical (unpaired) electrons. The molecule has 0 fully saturated rings. The molecule has 0 saturated carbocycles. The van der Waals surface area contributed by atoms with Crippen LogP contribution in [0.25, 0.3) is 0 Å². The molecule has 0 rings (SSSR count). The number of aliphatic hydroxyl groups excluding tert-OH is 1. The van der Waals surface area contributed by atoms with Gasteiger partial charge in [-0.2, -0.15) is 11.8 Å². The number of hydrogen-bond acceptors (Lipinski definition) is 3. The number of carbonyl (C=O) groups excluding carboxylic acids is 1. The number of hydrogen-bond donors (Lipinski definition) is 2. The second-order valence-corrected chi connectivity index (χ2v) is 5.96. The van der Waals surface area contributed by atoms with Crippen LogP contribution in [0.1, 0.15) is 34.1 Å². The molecule has 0 aromatic heterocycles.